The van der Waals surface area contributed by atoms with Gasteiger partial charge in [0.2, 0.25) is 0 Å². The monoisotopic (exact) mass is 290 g/mol. The van der Waals surface area contributed by atoms with E-state index in [1.807, 2.05) is 6.92 Å². The Balaban J connectivity index is 2.02. The van der Waals surface area contributed by atoms with E-state index in [0.29, 0.717) is 18.9 Å². The SMILES string of the molecule is CCOC(C(O)Cc1ccc(C)c(C)c1)C1CCCCC1. The van der Waals surface area contributed by atoms with Crippen molar-refractivity contribution >= 4 is 0 Å². The molecule has 0 heterocycles. The van der Waals surface area contributed by atoms with Crippen LogP contribution in [0.2, 0.25) is 0 Å². The fourth-order valence-electron chi connectivity index (χ4n) is 3.50. The minimum absolute atomic E-state index is 0.00286. The van der Waals surface area contributed by atoms with Gasteiger partial charge in [-0.25, -0.2) is 0 Å². The first-order valence-electron chi connectivity index (χ1n) is 8.47. The van der Waals surface area contributed by atoms with E-state index in [9.17, 15) is 5.11 Å². The molecule has 0 radical (unpaired) electrons. The number of aliphatic hydroxyl groups is 1. The molecule has 1 aromatic rings. The summed E-state index contributed by atoms with van der Waals surface area (Å²) in [6, 6.07) is 6.48. The standard InChI is InChI=1S/C19H30O2/c1-4-21-19(17-8-6-5-7-9-17)18(20)13-16-11-10-14(2)15(3)12-16/h10-12,17-20H,4-9,13H2,1-3H3. The Bertz CT molecular complexity index is 435. The smallest absolute Gasteiger partial charge is 0.0865 e. The molecule has 1 aliphatic carbocycles. The first-order chi connectivity index (χ1) is 10.1. The third-order valence-corrected chi connectivity index (χ3v) is 4.87. The van der Waals surface area contributed by atoms with Gasteiger partial charge in [0.25, 0.3) is 0 Å². The fraction of sp³-hybridized carbons (Fsp3) is 0.684. The van der Waals surface area contributed by atoms with E-state index in [0.717, 1.165) is 0 Å². The van der Waals surface area contributed by atoms with Gasteiger partial charge < -0.3 is 9.84 Å². The molecule has 1 saturated carbocycles. The molecule has 0 aromatic heterocycles. The molecule has 0 aliphatic heterocycles. The fourth-order valence-corrected chi connectivity index (χ4v) is 3.50. The Morgan fingerprint density at radius 2 is 1.86 bits per heavy atom. The summed E-state index contributed by atoms with van der Waals surface area (Å²) in [5.74, 6) is 0.528. The van der Waals surface area contributed by atoms with E-state index in [1.54, 1.807) is 0 Å². The lowest BCUT2D eigenvalue weighted by molar-refractivity contribution is -0.0715. The van der Waals surface area contributed by atoms with Crippen molar-refractivity contribution in [2.45, 2.75) is 71.5 Å². The summed E-state index contributed by atoms with van der Waals surface area (Å²) in [5.41, 5.74) is 3.82. The van der Waals surface area contributed by atoms with E-state index >= 15 is 0 Å². The van der Waals surface area contributed by atoms with Gasteiger partial charge in [-0.05, 0) is 56.2 Å². The first-order valence-corrected chi connectivity index (χ1v) is 8.47. The molecule has 1 fully saturated rings. The van der Waals surface area contributed by atoms with Crippen molar-refractivity contribution in [3.05, 3.63) is 34.9 Å². The highest BCUT2D eigenvalue weighted by molar-refractivity contribution is 5.30. The Morgan fingerprint density at radius 3 is 2.48 bits per heavy atom. The number of hydrogen-bond acceptors (Lipinski definition) is 2. The van der Waals surface area contributed by atoms with Crippen molar-refractivity contribution in [2.24, 2.45) is 5.92 Å². The molecule has 0 amide bonds. The maximum Gasteiger partial charge on any atom is 0.0865 e. The molecule has 0 saturated heterocycles. The molecule has 1 aromatic carbocycles. The Morgan fingerprint density at radius 1 is 1.14 bits per heavy atom. The largest absolute Gasteiger partial charge is 0.390 e. The number of hydrogen-bond donors (Lipinski definition) is 1. The predicted octanol–water partition coefficient (Wildman–Crippen LogP) is 4.19. The van der Waals surface area contributed by atoms with Gasteiger partial charge >= 0.3 is 0 Å². The highest BCUT2D eigenvalue weighted by Gasteiger charge is 2.30. The van der Waals surface area contributed by atoms with Crippen LogP contribution in [0.3, 0.4) is 0 Å². The molecular formula is C19H30O2. The number of aryl methyl sites for hydroxylation is 2. The highest BCUT2D eigenvalue weighted by atomic mass is 16.5. The first kappa shape index (κ1) is 16.5. The molecule has 0 spiro atoms. The number of benzene rings is 1. The lowest BCUT2D eigenvalue weighted by atomic mass is 9.82. The molecule has 118 valence electrons. The number of rotatable bonds is 6. The minimum Gasteiger partial charge on any atom is -0.390 e. The third kappa shape index (κ3) is 4.55. The van der Waals surface area contributed by atoms with Crippen LogP contribution in [0, 0.1) is 19.8 Å². The highest BCUT2D eigenvalue weighted by Crippen LogP contribution is 2.30. The number of ether oxygens (including phenoxy) is 1. The average Bonchev–Trinajstić information content (AvgIpc) is 2.49. The van der Waals surface area contributed by atoms with Crippen LogP contribution in [0.15, 0.2) is 18.2 Å². The molecule has 2 unspecified atom stereocenters. The van der Waals surface area contributed by atoms with Crippen LogP contribution >= 0.6 is 0 Å². The van der Waals surface area contributed by atoms with Crippen molar-refractivity contribution in [3.8, 4) is 0 Å². The summed E-state index contributed by atoms with van der Waals surface area (Å²) >= 11 is 0. The van der Waals surface area contributed by atoms with Gasteiger partial charge in [0.15, 0.2) is 0 Å². The molecule has 1 aliphatic rings. The van der Waals surface area contributed by atoms with E-state index in [1.165, 1.54) is 48.8 Å². The van der Waals surface area contributed by atoms with Gasteiger partial charge in [-0.1, -0.05) is 37.5 Å². The second-order valence-corrected chi connectivity index (χ2v) is 6.51. The van der Waals surface area contributed by atoms with Crippen molar-refractivity contribution < 1.29 is 9.84 Å². The van der Waals surface area contributed by atoms with E-state index in [-0.39, 0.29) is 6.10 Å². The van der Waals surface area contributed by atoms with Crippen molar-refractivity contribution in [3.63, 3.8) is 0 Å². The quantitative estimate of drug-likeness (QED) is 0.851. The third-order valence-electron chi connectivity index (χ3n) is 4.87. The summed E-state index contributed by atoms with van der Waals surface area (Å²) < 4.78 is 5.92. The van der Waals surface area contributed by atoms with Crippen molar-refractivity contribution in [2.75, 3.05) is 6.61 Å². The number of aliphatic hydroxyl groups excluding tert-OH is 1. The van der Waals surface area contributed by atoms with E-state index < -0.39 is 6.10 Å². The van der Waals surface area contributed by atoms with Crippen LogP contribution in [0.1, 0.15) is 55.7 Å². The summed E-state index contributed by atoms with van der Waals surface area (Å²) in [4.78, 5) is 0. The van der Waals surface area contributed by atoms with Crippen LogP contribution in [0.5, 0.6) is 0 Å². The van der Waals surface area contributed by atoms with Crippen LogP contribution in [0.25, 0.3) is 0 Å². The van der Waals surface area contributed by atoms with Gasteiger partial charge in [0.05, 0.1) is 12.2 Å². The molecule has 2 heteroatoms. The topological polar surface area (TPSA) is 29.5 Å². The van der Waals surface area contributed by atoms with Gasteiger partial charge in [-0.2, -0.15) is 0 Å². The van der Waals surface area contributed by atoms with Crippen LogP contribution < -0.4 is 0 Å². The molecule has 21 heavy (non-hydrogen) atoms. The van der Waals surface area contributed by atoms with Gasteiger partial charge in [0, 0.05) is 13.0 Å². The Hall–Kier alpha value is -0.860. The van der Waals surface area contributed by atoms with Crippen molar-refractivity contribution in [1.29, 1.82) is 0 Å². The zero-order valence-electron chi connectivity index (χ0n) is 13.8. The summed E-state index contributed by atoms with van der Waals surface area (Å²) in [6.45, 7) is 6.97. The normalized spacial score (nSPS) is 19.4. The van der Waals surface area contributed by atoms with E-state index in [2.05, 4.69) is 32.0 Å². The lowest BCUT2D eigenvalue weighted by Crippen LogP contribution is -2.38. The van der Waals surface area contributed by atoms with E-state index in [4.69, 9.17) is 4.74 Å². The summed E-state index contributed by atoms with van der Waals surface area (Å²) in [7, 11) is 0. The maximum atomic E-state index is 10.7. The van der Waals surface area contributed by atoms with Gasteiger partial charge in [0.1, 0.15) is 0 Å². The van der Waals surface area contributed by atoms with Gasteiger partial charge in [-0.3, -0.25) is 0 Å². The Kier molecular flexibility index (Phi) is 6.25. The minimum atomic E-state index is -0.393. The summed E-state index contributed by atoms with van der Waals surface area (Å²) in [5, 5.41) is 10.7. The molecule has 2 atom stereocenters. The molecule has 2 nitrogen and oxygen atoms in total. The maximum absolute atomic E-state index is 10.7. The molecule has 0 bridgehead atoms. The van der Waals surface area contributed by atoms with Crippen LogP contribution in [0.4, 0.5) is 0 Å². The molecule has 2 rings (SSSR count). The van der Waals surface area contributed by atoms with Crippen molar-refractivity contribution in [1.82, 2.24) is 0 Å². The molecular weight excluding hydrogens is 260 g/mol. The second-order valence-electron chi connectivity index (χ2n) is 6.51. The van der Waals surface area contributed by atoms with Gasteiger partial charge in [-0.15, -0.1) is 0 Å². The second kappa shape index (κ2) is 7.95. The zero-order chi connectivity index (χ0) is 15.2. The zero-order valence-corrected chi connectivity index (χ0v) is 13.8. The lowest BCUT2D eigenvalue weighted by Gasteiger charge is -2.33. The molecule has 1 N–H and O–H groups in total. The average molecular weight is 290 g/mol. The Labute approximate surface area is 129 Å². The van der Waals surface area contributed by atoms with Crippen LogP contribution in [-0.2, 0) is 11.2 Å². The van der Waals surface area contributed by atoms with Crippen LogP contribution in [-0.4, -0.2) is 23.9 Å². The predicted molar refractivity (Wildman–Crippen MR) is 87.6 cm³/mol. The summed E-state index contributed by atoms with van der Waals surface area (Å²) in [6.07, 6.45) is 6.61.